The van der Waals surface area contributed by atoms with Crippen molar-refractivity contribution in [1.82, 2.24) is 0 Å². The van der Waals surface area contributed by atoms with Crippen LogP contribution in [0.4, 0.5) is 0 Å². The standard InChI is InChI=1S/C34H48N2/c1-5-9-13-14-17-28-22-24-30(25-23-28)34(31-20-15-18-29(26-31)16-10-6-2)33(21-12-8-4)32(27-36-35)19-11-7-3/h15,18,20,22-26H,5-14,16-17,19,21H2,1-4H3. The number of hydrogen-bond acceptors (Lipinski definition) is 0. The molecule has 0 saturated heterocycles. The van der Waals surface area contributed by atoms with Crippen LogP contribution in [0.5, 0.6) is 0 Å². The van der Waals surface area contributed by atoms with E-state index >= 15 is 0 Å². The molecule has 2 rings (SSSR count). The molecule has 0 N–H and O–H groups in total. The van der Waals surface area contributed by atoms with Crippen LogP contribution in [0.2, 0.25) is 0 Å². The van der Waals surface area contributed by atoms with E-state index in [-0.39, 0.29) is 0 Å². The highest BCUT2D eigenvalue weighted by molar-refractivity contribution is 5.87. The summed E-state index contributed by atoms with van der Waals surface area (Å²) in [6, 6.07) is 18.3. The largest absolute Gasteiger partial charge is 0.348 e. The van der Waals surface area contributed by atoms with Crippen molar-refractivity contribution in [1.29, 1.82) is 0 Å². The van der Waals surface area contributed by atoms with Gasteiger partial charge < -0.3 is 5.53 Å². The van der Waals surface area contributed by atoms with Gasteiger partial charge in [-0.05, 0) is 84.8 Å². The van der Waals surface area contributed by atoms with Gasteiger partial charge in [0, 0.05) is 0 Å². The van der Waals surface area contributed by atoms with Gasteiger partial charge in [-0.15, -0.1) is 4.79 Å². The summed E-state index contributed by atoms with van der Waals surface area (Å²) in [5, 5.41) is 0. The quantitative estimate of drug-likeness (QED) is 0.0704. The number of unbranched alkanes of at least 4 members (excludes halogenated alkanes) is 6. The van der Waals surface area contributed by atoms with Crippen molar-refractivity contribution in [3.63, 3.8) is 0 Å². The summed E-state index contributed by atoms with van der Waals surface area (Å²) in [4.78, 5) is 3.39. The van der Waals surface area contributed by atoms with E-state index in [1.54, 1.807) is 0 Å². The third-order valence-electron chi connectivity index (χ3n) is 7.01. The topological polar surface area (TPSA) is 36.4 Å². The minimum atomic E-state index is 0.883. The molecule has 2 aromatic rings. The first kappa shape index (κ1) is 29.6. The van der Waals surface area contributed by atoms with Gasteiger partial charge >= 0.3 is 5.87 Å². The van der Waals surface area contributed by atoms with E-state index in [0.717, 1.165) is 56.9 Å². The van der Waals surface area contributed by atoms with Crippen molar-refractivity contribution in [3.05, 3.63) is 87.5 Å². The normalized spacial score (nSPS) is 11.6. The Morgan fingerprint density at radius 3 is 2.00 bits per heavy atom. The molecule has 0 heterocycles. The Morgan fingerprint density at radius 1 is 0.667 bits per heavy atom. The fraction of sp³-hybridized carbons (Fsp3) is 0.529. The average molecular weight is 485 g/mol. The molecule has 194 valence electrons. The minimum Gasteiger partial charge on any atom is -0.348 e. The smallest absolute Gasteiger partial charge is 0.303 e. The zero-order chi connectivity index (χ0) is 26.0. The van der Waals surface area contributed by atoms with Gasteiger partial charge in [-0.25, -0.2) is 0 Å². The lowest BCUT2D eigenvalue weighted by Crippen LogP contribution is -2.02. The van der Waals surface area contributed by atoms with E-state index in [9.17, 15) is 5.53 Å². The second-order valence-corrected chi connectivity index (χ2v) is 10.1. The Bertz CT molecular complexity index is 1020. The molecule has 0 aliphatic carbocycles. The first-order valence-electron chi connectivity index (χ1n) is 14.6. The molecule has 2 heteroatoms. The molecule has 0 amide bonds. The number of allylic oxidation sites excluding steroid dienone is 2. The summed E-state index contributed by atoms with van der Waals surface area (Å²) < 4.78 is 0. The van der Waals surface area contributed by atoms with Crippen LogP contribution >= 0.6 is 0 Å². The maximum absolute atomic E-state index is 9.50. The van der Waals surface area contributed by atoms with E-state index in [4.69, 9.17) is 0 Å². The third-order valence-corrected chi connectivity index (χ3v) is 7.01. The van der Waals surface area contributed by atoms with Crippen LogP contribution in [-0.4, -0.2) is 10.7 Å². The lowest BCUT2D eigenvalue weighted by Gasteiger charge is -2.18. The third kappa shape index (κ3) is 9.77. The molecule has 0 bridgehead atoms. The molecule has 2 nitrogen and oxygen atoms in total. The van der Waals surface area contributed by atoms with Crippen molar-refractivity contribution in [3.8, 4) is 0 Å². The van der Waals surface area contributed by atoms with Gasteiger partial charge in [0.1, 0.15) is 0 Å². The van der Waals surface area contributed by atoms with Gasteiger partial charge in [0.25, 0.3) is 0 Å². The van der Waals surface area contributed by atoms with E-state index in [1.165, 1.54) is 71.9 Å². The van der Waals surface area contributed by atoms with Crippen molar-refractivity contribution >= 4 is 11.4 Å². The van der Waals surface area contributed by atoms with Crippen LogP contribution in [-0.2, 0) is 12.8 Å². The maximum Gasteiger partial charge on any atom is 0.303 e. The highest BCUT2D eigenvalue weighted by Gasteiger charge is 2.18. The Kier molecular flexibility index (Phi) is 14.6. The van der Waals surface area contributed by atoms with Crippen molar-refractivity contribution < 1.29 is 4.79 Å². The molecule has 0 unspecified atom stereocenters. The van der Waals surface area contributed by atoms with Gasteiger partial charge in [-0.1, -0.05) is 115 Å². The SMILES string of the molecule is CCCCCCc1ccc(C(=C(CCCC)C(=C=[N+]=[N-])CCCC)c2cccc(CCCC)c2)cc1. The second kappa shape index (κ2) is 17.7. The van der Waals surface area contributed by atoms with Crippen LogP contribution in [0, 0.1) is 0 Å². The molecule has 0 aliphatic heterocycles. The van der Waals surface area contributed by atoms with E-state index in [2.05, 4.69) is 86.9 Å². The van der Waals surface area contributed by atoms with Crippen LogP contribution < -0.4 is 0 Å². The Morgan fingerprint density at radius 2 is 1.33 bits per heavy atom. The molecular formula is C34H48N2. The second-order valence-electron chi connectivity index (χ2n) is 10.1. The fourth-order valence-electron chi connectivity index (χ4n) is 4.84. The molecular weight excluding hydrogens is 436 g/mol. The van der Waals surface area contributed by atoms with Crippen LogP contribution in [0.25, 0.3) is 11.1 Å². The highest BCUT2D eigenvalue weighted by atomic mass is 14.8. The van der Waals surface area contributed by atoms with Crippen LogP contribution in [0.3, 0.4) is 0 Å². The predicted molar refractivity (Wildman–Crippen MR) is 157 cm³/mol. The molecule has 0 saturated carbocycles. The Hall–Kier alpha value is -2.66. The Labute approximate surface area is 221 Å². The summed E-state index contributed by atoms with van der Waals surface area (Å²) >= 11 is 0. The summed E-state index contributed by atoms with van der Waals surface area (Å²) in [5.41, 5.74) is 18.4. The van der Waals surface area contributed by atoms with Crippen LogP contribution in [0.15, 0.2) is 59.7 Å². The number of aryl methyl sites for hydroxylation is 2. The minimum absolute atomic E-state index is 0.883. The first-order valence-corrected chi connectivity index (χ1v) is 14.6. The van der Waals surface area contributed by atoms with Crippen molar-refractivity contribution in [2.45, 2.75) is 118 Å². The van der Waals surface area contributed by atoms with Gasteiger partial charge in [0.15, 0.2) is 0 Å². The lowest BCUT2D eigenvalue weighted by molar-refractivity contribution is 0.00739. The molecule has 0 aliphatic rings. The molecule has 2 aromatic carbocycles. The fourth-order valence-corrected chi connectivity index (χ4v) is 4.84. The molecule has 0 atom stereocenters. The van der Waals surface area contributed by atoms with Gasteiger partial charge in [-0.3, -0.25) is 0 Å². The van der Waals surface area contributed by atoms with Gasteiger partial charge in [0.2, 0.25) is 0 Å². The number of rotatable bonds is 17. The molecule has 0 fully saturated rings. The number of hydrogen-bond donors (Lipinski definition) is 0. The summed E-state index contributed by atoms with van der Waals surface area (Å²) in [6.45, 7) is 8.97. The van der Waals surface area contributed by atoms with E-state index in [1.807, 2.05) is 0 Å². The summed E-state index contributed by atoms with van der Waals surface area (Å²) in [6.07, 6.45) is 16.1. The predicted octanol–water partition coefficient (Wildman–Crippen LogP) is 10.2. The van der Waals surface area contributed by atoms with Gasteiger partial charge in [-0.2, -0.15) is 0 Å². The average Bonchev–Trinajstić information content (AvgIpc) is 2.91. The summed E-state index contributed by atoms with van der Waals surface area (Å²) in [7, 11) is 0. The van der Waals surface area contributed by atoms with Crippen LogP contribution in [0.1, 0.15) is 127 Å². The van der Waals surface area contributed by atoms with Gasteiger partial charge in [0.05, 0.1) is 5.57 Å². The number of nitrogens with zero attached hydrogens (tertiary/aromatic N) is 2. The summed E-state index contributed by atoms with van der Waals surface area (Å²) in [5.74, 6) is 2.99. The highest BCUT2D eigenvalue weighted by Crippen LogP contribution is 2.35. The first-order chi connectivity index (χ1) is 17.7. The van der Waals surface area contributed by atoms with E-state index in [0.29, 0.717) is 0 Å². The van der Waals surface area contributed by atoms with Crippen molar-refractivity contribution in [2.75, 3.05) is 0 Å². The Balaban J connectivity index is 2.63. The molecule has 36 heavy (non-hydrogen) atoms. The zero-order valence-electron chi connectivity index (χ0n) is 23.4. The maximum atomic E-state index is 9.50. The van der Waals surface area contributed by atoms with E-state index < -0.39 is 0 Å². The molecule has 0 spiro atoms. The molecule has 0 aromatic heterocycles. The monoisotopic (exact) mass is 484 g/mol. The molecule has 0 radical (unpaired) electrons. The zero-order valence-corrected chi connectivity index (χ0v) is 23.4. The number of benzene rings is 2. The van der Waals surface area contributed by atoms with Crippen molar-refractivity contribution in [2.24, 2.45) is 0 Å². The lowest BCUT2D eigenvalue weighted by atomic mass is 9.84.